The fourth-order valence-corrected chi connectivity index (χ4v) is 3.72. The van der Waals surface area contributed by atoms with E-state index >= 15 is 0 Å². The number of alkyl halides is 1. The Balaban J connectivity index is 1.76. The van der Waals surface area contributed by atoms with Crippen LogP contribution in [0.5, 0.6) is 5.75 Å². The van der Waals surface area contributed by atoms with Crippen LogP contribution in [0, 0.1) is 0 Å². The molecule has 1 aliphatic heterocycles. The maximum atomic E-state index is 13.0. The molecular weight excluding hydrogens is 440 g/mol. The molecule has 1 aliphatic rings. The number of halogens is 1. The zero-order valence-corrected chi connectivity index (χ0v) is 17.9. The van der Waals surface area contributed by atoms with Crippen molar-refractivity contribution in [1.82, 2.24) is 10.0 Å². The summed E-state index contributed by atoms with van der Waals surface area (Å²) in [6.07, 6.45) is -2.44. The molecule has 3 rings (SSSR count). The van der Waals surface area contributed by atoms with Crippen LogP contribution in [0.1, 0.15) is 30.3 Å². The number of aliphatic hydroxyl groups excluding tert-OH is 1. The van der Waals surface area contributed by atoms with Gasteiger partial charge in [-0.3, -0.25) is 4.79 Å². The number of ether oxygens (including phenoxy) is 2. The summed E-state index contributed by atoms with van der Waals surface area (Å²) in [5.74, 6) is 0.0256. The predicted molar refractivity (Wildman–Crippen MR) is 110 cm³/mol. The second-order valence-electron chi connectivity index (χ2n) is 6.80. The fraction of sp³-hybridized carbons (Fsp3) is 0.333. The maximum absolute atomic E-state index is 13.0. The Bertz CT molecular complexity index is 861. The van der Waals surface area contributed by atoms with Gasteiger partial charge in [-0.1, -0.05) is 58.4 Å². The number of carbonyl (C=O) groups is 2. The molecule has 1 heterocycles. The molecule has 29 heavy (non-hydrogen) atoms. The van der Waals surface area contributed by atoms with Crippen LogP contribution in [-0.4, -0.2) is 52.2 Å². The summed E-state index contributed by atoms with van der Waals surface area (Å²) in [7, 11) is 3.20. The number of benzene rings is 2. The van der Waals surface area contributed by atoms with Crippen molar-refractivity contribution in [3.63, 3.8) is 0 Å². The zero-order valence-electron chi connectivity index (χ0n) is 16.4. The lowest BCUT2D eigenvalue weighted by molar-refractivity contribution is -0.163. The standard InChI is InChI=1S/C21H23BrN2O5/c1-13-19(15-7-5-4-6-8-15)29-21(27)24(23(13)2)20(26)17(22)18(25)14-9-11-16(28-3)12-10-14/h4-13,17-19,25H,1-3H3/t13-,17-,18+,19-/m0/s1. The topological polar surface area (TPSA) is 79.3 Å². The number of hydrogen-bond donors (Lipinski definition) is 1. The third kappa shape index (κ3) is 4.29. The number of hydrazine groups is 1. The van der Waals surface area contributed by atoms with Crippen LogP contribution in [0.2, 0.25) is 0 Å². The molecule has 0 aromatic heterocycles. The predicted octanol–water partition coefficient (Wildman–Crippen LogP) is 3.45. The van der Waals surface area contributed by atoms with Gasteiger partial charge in [-0.2, -0.15) is 5.01 Å². The number of methoxy groups -OCH3 is 1. The Labute approximate surface area is 177 Å². The van der Waals surface area contributed by atoms with Gasteiger partial charge in [0.1, 0.15) is 22.8 Å². The van der Waals surface area contributed by atoms with Crippen LogP contribution in [0.25, 0.3) is 0 Å². The van der Waals surface area contributed by atoms with E-state index in [0.29, 0.717) is 11.3 Å². The molecule has 0 saturated carbocycles. The van der Waals surface area contributed by atoms with E-state index in [9.17, 15) is 14.7 Å². The van der Waals surface area contributed by atoms with Crippen molar-refractivity contribution < 1.29 is 24.2 Å². The van der Waals surface area contributed by atoms with Gasteiger partial charge in [-0.25, -0.2) is 9.80 Å². The molecule has 4 atom stereocenters. The van der Waals surface area contributed by atoms with Crippen molar-refractivity contribution in [3.05, 3.63) is 65.7 Å². The summed E-state index contributed by atoms with van der Waals surface area (Å²) in [4.78, 5) is 24.6. The van der Waals surface area contributed by atoms with Crippen LogP contribution in [0.3, 0.4) is 0 Å². The fourth-order valence-electron chi connectivity index (χ4n) is 3.22. The first-order valence-electron chi connectivity index (χ1n) is 9.13. The lowest BCUT2D eigenvalue weighted by Gasteiger charge is -2.43. The molecule has 8 heteroatoms. The molecule has 1 N–H and O–H groups in total. The van der Waals surface area contributed by atoms with E-state index in [1.54, 1.807) is 43.4 Å². The van der Waals surface area contributed by atoms with Crippen LogP contribution < -0.4 is 4.74 Å². The summed E-state index contributed by atoms with van der Waals surface area (Å²) < 4.78 is 10.7. The Kier molecular flexibility index (Phi) is 6.56. The number of hydrogen-bond acceptors (Lipinski definition) is 6. The number of carbonyl (C=O) groups excluding carboxylic acids is 2. The molecule has 2 aromatic rings. The van der Waals surface area contributed by atoms with Gasteiger partial charge in [-0.05, 0) is 30.2 Å². The van der Waals surface area contributed by atoms with Gasteiger partial charge in [0.25, 0.3) is 5.91 Å². The summed E-state index contributed by atoms with van der Waals surface area (Å²) in [5, 5.41) is 13.1. The highest BCUT2D eigenvalue weighted by molar-refractivity contribution is 9.10. The minimum absolute atomic E-state index is 0.281. The minimum Gasteiger partial charge on any atom is -0.497 e. The quantitative estimate of drug-likeness (QED) is 0.685. The number of aliphatic hydroxyl groups is 1. The van der Waals surface area contributed by atoms with Crippen LogP contribution in [0.15, 0.2) is 54.6 Å². The highest BCUT2D eigenvalue weighted by atomic mass is 79.9. The van der Waals surface area contributed by atoms with E-state index in [-0.39, 0.29) is 6.04 Å². The van der Waals surface area contributed by atoms with Crippen molar-refractivity contribution in [2.45, 2.75) is 30.0 Å². The second kappa shape index (κ2) is 8.94. The van der Waals surface area contributed by atoms with Gasteiger partial charge < -0.3 is 14.6 Å². The Morgan fingerprint density at radius 2 is 1.79 bits per heavy atom. The highest BCUT2D eigenvalue weighted by Gasteiger charge is 2.44. The third-order valence-electron chi connectivity index (χ3n) is 5.05. The van der Waals surface area contributed by atoms with Crippen molar-refractivity contribution in [2.75, 3.05) is 14.2 Å². The monoisotopic (exact) mass is 462 g/mol. The summed E-state index contributed by atoms with van der Waals surface area (Å²) >= 11 is 3.24. The maximum Gasteiger partial charge on any atom is 0.432 e. The third-order valence-corrected chi connectivity index (χ3v) is 5.94. The molecule has 2 aromatic carbocycles. The first-order valence-corrected chi connectivity index (χ1v) is 10.0. The molecule has 154 valence electrons. The van der Waals surface area contributed by atoms with Crippen LogP contribution >= 0.6 is 15.9 Å². The van der Waals surface area contributed by atoms with Gasteiger partial charge in [0.2, 0.25) is 0 Å². The van der Waals surface area contributed by atoms with Gasteiger partial charge in [0.05, 0.1) is 13.2 Å². The molecule has 2 amide bonds. The van der Waals surface area contributed by atoms with Gasteiger partial charge in [-0.15, -0.1) is 0 Å². The number of rotatable bonds is 5. The molecule has 0 radical (unpaired) electrons. The van der Waals surface area contributed by atoms with E-state index in [0.717, 1.165) is 10.6 Å². The summed E-state index contributed by atoms with van der Waals surface area (Å²) in [6.45, 7) is 1.87. The van der Waals surface area contributed by atoms with Crippen molar-refractivity contribution in [3.8, 4) is 5.75 Å². The van der Waals surface area contributed by atoms with Crippen molar-refractivity contribution in [1.29, 1.82) is 0 Å². The lowest BCUT2D eigenvalue weighted by atomic mass is 10.0. The largest absolute Gasteiger partial charge is 0.497 e. The van der Waals surface area contributed by atoms with E-state index in [2.05, 4.69) is 15.9 Å². The van der Waals surface area contributed by atoms with Crippen molar-refractivity contribution in [2.24, 2.45) is 0 Å². The second-order valence-corrected chi connectivity index (χ2v) is 7.79. The normalized spacial score (nSPS) is 22.0. The molecule has 0 aliphatic carbocycles. The molecular formula is C21H23BrN2O5. The zero-order chi connectivity index (χ0) is 21.1. The first-order chi connectivity index (χ1) is 13.8. The van der Waals surface area contributed by atoms with Crippen LogP contribution in [0.4, 0.5) is 4.79 Å². The summed E-state index contributed by atoms with van der Waals surface area (Å²) in [5.41, 5.74) is 1.37. The molecule has 1 saturated heterocycles. The van der Waals surface area contributed by atoms with Gasteiger partial charge in [0, 0.05) is 7.05 Å². The molecule has 7 nitrogen and oxygen atoms in total. The van der Waals surface area contributed by atoms with Gasteiger partial charge in [0.15, 0.2) is 0 Å². The number of imide groups is 1. The first kappa shape index (κ1) is 21.3. The molecule has 0 unspecified atom stereocenters. The number of nitrogens with zero attached hydrogens (tertiary/aromatic N) is 2. The summed E-state index contributed by atoms with van der Waals surface area (Å²) in [6, 6.07) is 15.8. The van der Waals surface area contributed by atoms with E-state index in [4.69, 9.17) is 9.47 Å². The Hall–Kier alpha value is -2.42. The highest BCUT2D eigenvalue weighted by Crippen LogP contribution is 2.33. The van der Waals surface area contributed by atoms with Crippen LogP contribution in [-0.2, 0) is 9.53 Å². The van der Waals surface area contributed by atoms with E-state index < -0.39 is 29.0 Å². The van der Waals surface area contributed by atoms with Crippen molar-refractivity contribution >= 4 is 27.9 Å². The minimum atomic E-state index is -1.16. The number of cyclic esters (lactones) is 1. The van der Waals surface area contributed by atoms with E-state index in [1.807, 2.05) is 37.3 Å². The molecule has 0 bridgehead atoms. The smallest absolute Gasteiger partial charge is 0.432 e. The lowest BCUT2D eigenvalue weighted by Crippen LogP contribution is -2.60. The number of amides is 2. The number of likely N-dealkylation sites (N-methyl/N-ethyl adjacent to an activating group) is 1. The molecule has 0 spiro atoms. The average Bonchev–Trinajstić information content (AvgIpc) is 2.75. The Morgan fingerprint density at radius 1 is 1.17 bits per heavy atom. The average molecular weight is 463 g/mol. The van der Waals surface area contributed by atoms with Gasteiger partial charge >= 0.3 is 6.09 Å². The van der Waals surface area contributed by atoms with E-state index in [1.165, 1.54) is 0 Å². The molecule has 1 fully saturated rings. The SMILES string of the molecule is COc1ccc([C@@H](O)[C@H](Br)C(=O)N2C(=O)O[C@H](c3ccccc3)[C@H](C)N2C)cc1. The Morgan fingerprint density at radius 3 is 2.38 bits per heavy atom.